The summed E-state index contributed by atoms with van der Waals surface area (Å²) in [7, 11) is 4.03. The highest BCUT2D eigenvalue weighted by molar-refractivity contribution is 6.05. The molecule has 1 unspecified atom stereocenters. The summed E-state index contributed by atoms with van der Waals surface area (Å²) in [6.07, 6.45) is 4.21. The molecule has 0 saturated heterocycles. The maximum Gasteiger partial charge on any atom is 0.274 e. The quantitative estimate of drug-likeness (QED) is 0.693. The van der Waals surface area contributed by atoms with Gasteiger partial charge < -0.3 is 4.90 Å². The summed E-state index contributed by atoms with van der Waals surface area (Å²) in [5.41, 5.74) is 4.68. The number of carbonyl (C=O) groups is 1. The Labute approximate surface area is 164 Å². The van der Waals surface area contributed by atoms with Gasteiger partial charge in [-0.1, -0.05) is 36.4 Å². The maximum atomic E-state index is 13.1. The van der Waals surface area contributed by atoms with Gasteiger partial charge in [-0.2, -0.15) is 5.10 Å². The highest BCUT2D eigenvalue weighted by Crippen LogP contribution is 2.33. The molecule has 4 rings (SSSR count). The van der Waals surface area contributed by atoms with Gasteiger partial charge in [-0.15, -0.1) is 0 Å². The molecule has 1 atom stereocenters. The van der Waals surface area contributed by atoms with Crippen molar-refractivity contribution in [1.29, 1.82) is 0 Å². The lowest BCUT2D eigenvalue weighted by molar-refractivity contribution is 0.0711. The number of nitrogens with zero attached hydrogens (tertiary/aromatic N) is 4. The molecular formula is C23H22N4O. The first-order valence-corrected chi connectivity index (χ1v) is 9.27. The topological polar surface area (TPSA) is 48.8 Å². The summed E-state index contributed by atoms with van der Waals surface area (Å²) in [6.45, 7) is 0. The number of pyridine rings is 1. The van der Waals surface area contributed by atoms with Crippen LogP contribution in [0.4, 0.5) is 5.69 Å². The minimum Gasteiger partial charge on any atom is -0.378 e. The fraction of sp³-hybridized carbons (Fsp3) is 0.174. The largest absolute Gasteiger partial charge is 0.378 e. The summed E-state index contributed by atoms with van der Waals surface area (Å²) < 4.78 is 0. The molecule has 5 heteroatoms. The summed E-state index contributed by atoms with van der Waals surface area (Å²) in [4.78, 5) is 19.4. The third kappa shape index (κ3) is 3.51. The Hall–Kier alpha value is -3.47. The smallest absolute Gasteiger partial charge is 0.274 e. The van der Waals surface area contributed by atoms with Crippen LogP contribution in [-0.2, 0) is 0 Å². The number of hydrogen-bond acceptors (Lipinski definition) is 4. The SMILES string of the molecule is CN(C)c1ccc(C2=NN(C(=O)c3ccccc3)C(c3cccnc3)C2)cc1. The van der Waals surface area contributed by atoms with Crippen LogP contribution in [-0.4, -0.2) is 35.7 Å². The zero-order chi connectivity index (χ0) is 19.5. The lowest BCUT2D eigenvalue weighted by Crippen LogP contribution is -2.27. The zero-order valence-electron chi connectivity index (χ0n) is 16.0. The van der Waals surface area contributed by atoms with Gasteiger partial charge >= 0.3 is 0 Å². The van der Waals surface area contributed by atoms with E-state index in [1.165, 1.54) is 0 Å². The number of carbonyl (C=O) groups excluding carboxylic acids is 1. The molecule has 0 saturated carbocycles. The van der Waals surface area contributed by atoms with E-state index in [1.54, 1.807) is 11.2 Å². The minimum absolute atomic E-state index is 0.102. The van der Waals surface area contributed by atoms with Crippen LogP contribution in [0.2, 0.25) is 0 Å². The van der Waals surface area contributed by atoms with Crippen LogP contribution >= 0.6 is 0 Å². The number of hydrogen-bond donors (Lipinski definition) is 0. The Balaban J connectivity index is 1.69. The number of aromatic nitrogens is 1. The van der Waals surface area contributed by atoms with Crippen LogP contribution < -0.4 is 4.90 Å². The van der Waals surface area contributed by atoms with Crippen molar-refractivity contribution < 1.29 is 4.79 Å². The molecule has 2 aromatic carbocycles. The Morgan fingerprint density at radius 3 is 2.39 bits per heavy atom. The van der Waals surface area contributed by atoms with Gasteiger partial charge in [0, 0.05) is 44.2 Å². The van der Waals surface area contributed by atoms with Gasteiger partial charge in [0.05, 0.1) is 11.8 Å². The van der Waals surface area contributed by atoms with Crippen LogP contribution in [0.25, 0.3) is 0 Å². The van der Waals surface area contributed by atoms with E-state index in [0.717, 1.165) is 22.5 Å². The summed E-state index contributed by atoms with van der Waals surface area (Å²) in [5.74, 6) is -0.102. The molecule has 2 heterocycles. The second kappa shape index (κ2) is 7.64. The van der Waals surface area contributed by atoms with Crippen LogP contribution in [0.15, 0.2) is 84.2 Å². The van der Waals surface area contributed by atoms with Crippen LogP contribution in [0.5, 0.6) is 0 Å². The first-order chi connectivity index (χ1) is 13.6. The zero-order valence-corrected chi connectivity index (χ0v) is 16.0. The second-order valence-corrected chi connectivity index (χ2v) is 7.01. The fourth-order valence-electron chi connectivity index (χ4n) is 3.37. The van der Waals surface area contributed by atoms with Gasteiger partial charge in [0.15, 0.2) is 0 Å². The summed E-state index contributed by atoms with van der Waals surface area (Å²) >= 11 is 0. The normalized spacial score (nSPS) is 16.0. The molecular weight excluding hydrogens is 348 g/mol. The fourth-order valence-corrected chi connectivity index (χ4v) is 3.37. The van der Waals surface area contributed by atoms with Gasteiger partial charge in [-0.25, -0.2) is 5.01 Å². The predicted molar refractivity (Wildman–Crippen MR) is 112 cm³/mol. The molecule has 28 heavy (non-hydrogen) atoms. The lowest BCUT2D eigenvalue weighted by atomic mass is 9.99. The minimum atomic E-state index is -0.162. The average molecular weight is 370 g/mol. The van der Waals surface area contributed by atoms with E-state index in [2.05, 4.69) is 34.1 Å². The molecule has 0 aliphatic carbocycles. The highest BCUT2D eigenvalue weighted by Gasteiger charge is 2.33. The number of rotatable bonds is 4. The third-order valence-corrected chi connectivity index (χ3v) is 4.93. The highest BCUT2D eigenvalue weighted by atomic mass is 16.2. The molecule has 0 fully saturated rings. The van der Waals surface area contributed by atoms with Crippen molar-refractivity contribution in [1.82, 2.24) is 9.99 Å². The van der Waals surface area contributed by atoms with Gasteiger partial charge in [0.1, 0.15) is 0 Å². The van der Waals surface area contributed by atoms with Crippen LogP contribution in [0.1, 0.15) is 33.9 Å². The summed E-state index contributed by atoms with van der Waals surface area (Å²) in [5, 5.41) is 6.32. The maximum absolute atomic E-state index is 13.1. The molecule has 1 aliphatic heterocycles. The lowest BCUT2D eigenvalue weighted by Gasteiger charge is -2.21. The van der Waals surface area contributed by atoms with Crippen molar-refractivity contribution in [3.05, 3.63) is 95.8 Å². The van der Waals surface area contributed by atoms with E-state index in [0.29, 0.717) is 12.0 Å². The Kier molecular flexibility index (Phi) is 4.89. The van der Waals surface area contributed by atoms with Crippen molar-refractivity contribution in [2.45, 2.75) is 12.5 Å². The van der Waals surface area contributed by atoms with Crippen LogP contribution in [0.3, 0.4) is 0 Å². The molecule has 0 spiro atoms. The number of amides is 1. The Morgan fingerprint density at radius 1 is 1.00 bits per heavy atom. The standard InChI is InChI=1S/C23H22N4O/c1-26(2)20-12-10-17(11-13-20)21-15-22(19-9-6-14-24-16-19)27(25-21)23(28)18-7-4-3-5-8-18/h3-14,16,22H,15H2,1-2H3. The first kappa shape index (κ1) is 17.9. The average Bonchev–Trinajstić information content (AvgIpc) is 3.20. The van der Waals surface area contributed by atoms with Gasteiger partial charge in [0.25, 0.3) is 5.91 Å². The first-order valence-electron chi connectivity index (χ1n) is 9.27. The molecule has 0 bridgehead atoms. The van der Waals surface area contributed by atoms with Gasteiger partial charge in [-0.3, -0.25) is 9.78 Å². The van der Waals surface area contributed by atoms with Crippen molar-refractivity contribution in [2.24, 2.45) is 5.10 Å². The molecule has 1 aliphatic rings. The monoisotopic (exact) mass is 370 g/mol. The number of hydrazone groups is 1. The van der Waals surface area contributed by atoms with E-state index < -0.39 is 0 Å². The van der Waals surface area contributed by atoms with E-state index in [-0.39, 0.29) is 11.9 Å². The number of benzene rings is 2. The van der Waals surface area contributed by atoms with Crippen LogP contribution in [0, 0.1) is 0 Å². The molecule has 1 amide bonds. The van der Waals surface area contributed by atoms with E-state index >= 15 is 0 Å². The van der Waals surface area contributed by atoms with E-state index in [1.807, 2.05) is 62.8 Å². The van der Waals surface area contributed by atoms with Gasteiger partial charge in [0.2, 0.25) is 0 Å². The molecule has 0 N–H and O–H groups in total. The Bertz CT molecular complexity index is 982. The van der Waals surface area contributed by atoms with E-state index in [4.69, 9.17) is 5.10 Å². The molecule has 3 aromatic rings. The molecule has 0 radical (unpaired) electrons. The summed E-state index contributed by atoms with van der Waals surface area (Å²) in [6, 6.07) is 21.3. The second-order valence-electron chi connectivity index (χ2n) is 7.01. The number of anilines is 1. The van der Waals surface area contributed by atoms with Crippen molar-refractivity contribution in [3.8, 4) is 0 Å². The van der Waals surface area contributed by atoms with Gasteiger partial charge in [-0.05, 0) is 41.5 Å². The van der Waals surface area contributed by atoms with Crippen molar-refractivity contribution in [2.75, 3.05) is 19.0 Å². The van der Waals surface area contributed by atoms with Crippen molar-refractivity contribution in [3.63, 3.8) is 0 Å². The Morgan fingerprint density at radius 2 is 1.75 bits per heavy atom. The van der Waals surface area contributed by atoms with E-state index in [9.17, 15) is 4.79 Å². The molecule has 140 valence electrons. The molecule has 1 aromatic heterocycles. The molecule has 5 nitrogen and oxygen atoms in total. The predicted octanol–water partition coefficient (Wildman–Crippen LogP) is 4.14. The third-order valence-electron chi connectivity index (χ3n) is 4.93. The van der Waals surface area contributed by atoms with Crippen molar-refractivity contribution >= 4 is 17.3 Å².